The van der Waals surface area contributed by atoms with Crippen LogP contribution in [-0.2, 0) is 4.74 Å². The molecule has 3 rings (SSSR count). The summed E-state index contributed by atoms with van der Waals surface area (Å²) in [5.41, 5.74) is 1.23. The fourth-order valence-electron chi connectivity index (χ4n) is 2.39. The molecule has 1 atom stereocenters. The third kappa shape index (κ3) is 3.04. The number of pyridine rings is 1. The van der Waals surface area contributed by atoms with Gasteiger partial charge in [0.2, 0.25) is 0 Å². The summed E-state index contributed by atoms with van der Waals surface area (Å²) in [5, 5.41) is 0. The van der Waals surface area contributed by atoms with Crippen molar-refractivity contribution in [3.05, 3.63) is 59.8 Å². The van der Waals surface area contributed by atoms with Crippen LogP contribution in [0.2, 0.25) is 0 Å². The molecule has 1 fully saturated rings. The molecule has 23 heavy (non-hydrogen) atoms. The highest BCUT2D eigenvalue weighted by Crippen LogP contribution is 2.32. The van der Waals surface area contributed by atoms with E-state index in [-0.39, 0.29) is 12.1 Å². The molecule has 4 nitrogen and oxygen atoms in total. The average Bonchev–Trinajstić information content (AvgIpc) is 2.75. The number of carbonyl (C=O) groups excluding carboxylic acids is 1. The van der Waals surface area contributed by atoms with Crippen LogP contribution in [0.15, 0.2) is 48.7 Å². The maximum Gasteiger partial charge on any atom is 0.416 e. The number of ether oxygens (including phenoxy) is 1. The smallest absolute Gasteiger partial charge is 0.416 e. The lowest BCUT2D eigenvalue weighted by Crippen LogP contribution is -2.39. The Balaban J connectivity index is 1.81. The first-order chi connectivity index (χ1) is 11.0. The van der Waals surface area contributed by atoms with E-state index in [1.807, 2.05) is 57.2 Å². The maximum absolute atomic E-state index is 12.0. The molecule has 0 N–H and O–H groups in total. The lowest BCUT2D eigenvalue weighted by Gasteiger charge is -2.24. The van der Waals surface area contributed by atoms with Crippen molar-refractivity contribution >= 4 is 11.9 Å². The number of carbonyl (C=O) groups is 1. The van der Waals surface area contributed by atoms with Gasteiger partial charge in [-0.2, -0.15) is 0 Å². The van der Waals surface area contributed by atoms with E-state index in [1.165, 1.54) is 0 Å². The van der Waals surface area contributed by atoms with Crippen molar-refractivity contribution in [2.24, 2.45) is 0 Å². The third-order valence-corrected chi connectivity index (χ3v) is 4.06. The Labute approximate surface area is 136 Å². The van der Waals surface area contributed by atoms with Gasteiger partial charge >= 0.3 is 6.09 Å². The van der Waals surface area contributed by atoms with Crippen LogP contribution < -0.4 is 4.90 Å². The van der Waals surface area contributed by atoms with Gasteiger partial charge in [-0.15, -0.1) is 0 Å². The van der Waals surface area contributed by atoms with E-state index in [0.29, 0.717) is 5.82 Å². The summed E-state index contributed by atoms with van der Waals surface area (Å²) in [6, 6.07) is 13.4. The van der Waals surface area contributed by atoms with E-state index >= 15 is 0 Å². The summed E-state index contributed by atoms with van der Waals surface area (Å²) < 4.78 is 5.38. The Morgan fingerprint density at radius 1 is 1.09 bits per heavy atom. The van der Waals surface area contributed by atoms with Gasteiger partial charge in [0, 0.05) is 17.3 Å². The van der Waals surface area contributed by atoms with Crippen molar-refractivity contribution in [3.63, 3.8) is 0 Å². The zero-order valence-corrected chi connectivity index (χ0v) is 13.4. The number of hydrogen-bond donors (Lipinski definition) is 0. The van der Waals surface area contributed by atoms with E-state index in [2.05, 4.69) is 16.8 Å². The highest BCUT2D eigenvalue weighted by Gasteiger charge is 2.46. The fourth-order valence-corrected chi connectivity index (χ4v) is 2.39. The summed E-state index contributed by atoms with van der Waals surface area (Å²) in [5.74, 6) is 6.74. The molecule has 1 aliphatic rings. The largest absolute Gasteiger partial charge is 0.441 e. The minimum atomic E-state index is -0.523. The van der Waals surface area contributed by atoms with Gasteiger partial charge in [0.05, 0.1) is 6.04 Å². The minimum absolute atomic E-state index is 0.0799. The summed E-state index contributed by atoms with van der Waals surface area (Å²) >= 11 is 0. The quantitative estimate of drug-likeness (QED) is 0.756. The SMILES string of the molecule is CC1N(c2ccc(C#Cc3ccccc3)cn2)C(=O)OC1(C)C. The number of nitrogens with zero attached hydrogens (tertiary/aromatic N) is 2. The molecule has 1 aromatic heterocycles. The molecule has 1 aromatic carbocycles. The number of rotatable bonds is 1. The predicted molar refractivity (Wildman–Crippen MR) is 89.2 cm³/mol. The Hall–Kier alpha value is -2.80. The van der Waals surface area contributed by atoms with Crippen molar-refractivity contribution in [2.75, 3.05) is 4.90 Å². The van der Waals surface area contributed by atoms with Gasteiger partial charge in [-0.05, 0) is 45.0 Å². The standard InChI is InChI=1S/C19H18N2O2/c1-14-19(2,3)23-18(22)21(14)17-12-11-16(13-20-17)10-9-15-7-5-4-6-8-15/h4-8,11-14H,1-3H3. The molecule has 2 aromatic rings. The van der Waals surface area contributed by atoms with E-state index < -0.39 is 5.60 Å². The second-order valence-electron chi connectivity index (χ2n) is 6.04. The average molecular weight is 306 g/mol. The lowest BCUT2D eigenvalue weighted by atomic mass is 10.0. The zero-order chi connectivity index (χ0) is 16.4. The maximum atomic E-state index is 12.0. The molecule has 1 aliphatic heterocycles. The van der Waals surface area contributed by atoms with Gasteiger partial charge in [-0.3, -0.25) is 4.90 Å². The Morgan fingerprint density at radius 2 is 1.78 bits per heavy atom. The van der Waals surface area contributed by atoms with Crippen molar-refractivity contribution in [1.29, 1.82) is 0 Å². The number of hydrogen-bond acceptors (Lipinski definition) is 3. The molecular weight excluding hydrogens is 288 g/mol. The van der Waals surface area contributed by atoms with E-state index in [4.69, 9.17) is 4.74 Å². The van der Waals surface area contributed by atoms with Crippen LogP contribution in [0.25, 0.3) is 0 Å². The Morgan fingerprint density at radius 3 is 2.35 bits per heavy atom. The summed E-state index contributed by atoms with van der Waals surface area (Å²) in [4.78, 5) is 18.0. The van der Waals surface area contributed by atoms with Crippen LogP contribution in [0.1, 0.15) is 31.9 Å². The first-order valence-electron chi connectivity index (χ1n) is 7.53. The van der Waals surface area contributed by atoms with E-state index in [0.717, 1.165) is 11.1 Å². The van der Waals surface area contributed by atoms with Crippen molar-refractivity contribution < 1.29 is 9.53 Å². The summed E-state index contributed by atoms with van der Waals surface area (Å²) in [6.07, 6.45) is 1.31. The molecule has 0 saturated carbocycles. The fraction of sp³-hybridized carbons (Fsp3) is 0.263. The normalized spacial score (nSPS) is 19.0. The molecular formula is C19H18N2O2. The van der Waals surface area contributed by atoms with Gasteiger partial charge in [0.1, 0.15) is 11.4 Å². The van der Waals surface area contributed by atoms with Crippen LogP contribution in [-0.4, -0.2) is 22.7 Å². The van der Waals surface area contributed by atoms with Crippen molar-refractivity contribution in [1.82, 2.24) is 4.98 Å². The predicted octanol–water partition coefficient (Wildman–Crippen LogP) is 3.61. The second kappa shape index (κ2) is 5.77. The van der Waals surface area contributed by atoms with Gasteiger partial charge in [-0.25, -0.2) is 9.78 Å². The molecule has 4 heteroatoms. The Kier molecular flexibility index (Phi) is 3.79. The minimum Gasteiger partial charge on any atom is -0.441 e. The number of aromatic nitrogens is 1. The van der Waals surface area contributed by atoms with Crippen LogP contribution in [0, 0.1) is 11.8 Å². The number of amides is 1. The van der Waals surface area contributed by atoms with Gasteiger partial charge in [-0.1, -0.05) is 30.0 Å². The molecule has 0 bridgehead atoms. The number of cyclic esters (lactones) is 1. The second-order valence-corrected chi connectivity index (χ2v) is 6.04. The van der Waals surface area contributed by atoms with Gasteiger partial charge in [0.15, 0.2) is 0 Å². The molecule has 0 spiro atoms. The Bertz CT molecular complexity index is 771. The first-order valence-corrected chi connectivity index (χ1v) is 7.53. The molecule has 2 heterocycles. The lowest BCUT2D eigenvalue weighted by molar-refractivity contribution is 0.0718. The van der Waals surface area contributed by atoms with Crippen LogP contribution in [0.5, 0.6) is 0 Å². The van der Waals surface area contributed by atoms with Crippen LogP contribution >= 0.6 is 0 Å². The van der Waals surface area contributed by atoms with Gasteiger partial charge < -0.3 is 4.74 Å². The molecule has 1 unspecified atom stereocenters. The number of benzene rings is 1. The third-order valence-electron chi connectivity index (χ3n) is 4.06. The number of anilines is 1. The van der Waals surface area contributed by atoms with Crippen molar-refractivity contribution in [3.8, 4) is 11.8 Å². The highest BCUT2D eigenvalue weighted by atomic mass is 16.6. The topological polar surface area (TPSA) is 42.4 Å². The summed E-state index contributed by atoms with van der Waals surface area (Å²) in [7, 11) is 0. The van der Waals surface area contributed by atoms with Gasteiger partial charge in [0.25, 0.3) is 0 Å². The molecule has 116 valence electrons. The molecule has 1 amide bonds. The monoisotopic (exact) mass is 306 g/mol. The molecule has 0 aliphatic carbocycles. The van der Waals surface area contributed by atoms with E-state index in [1.54, 1.807) is 17.2 Å². The molecule has 0 radical (unpaired) electrons. The summed E-state index contributed by atoms with van der Waals surface area (Å²) in [6.45, 7) is 5.75. The van der Waals surface area contributed by atoms with Crippen LogP contribution in [0.4, 0.5) is 10.6 Å². The zero-order valence-electron chi connectivity index (χ0n) is 13.4. The first kappa shape index (κ1) is 15.1. The van der Waals surface area contributed by atoms with E-state index in [9.17, 15) is 4.79 Å². The van der Waals surface area contributed by atoms with Crippen LogP contribution in [0.3, 0.4) is 0 Å². The molecule has 1 saturated heterocycles. The van der Waals surface area contributed by atoms with Crippen molar-refractivity contribution in [2.45, 2.75) is 32.4 Å². The highest BCUT2D eigenvalue weighted by molar-refractivity contribution is 5.90.